The molecule has 0 aliphatic rings. The van der Waals surface area contributed by atoms with Crippen molar-refractivity contribution < 1.29 is 18.0 Å². The number of rotatable bonds is 4. The number of nitrogens with two attached hydrogens (primary N) is 1. The molecule has 0 saturated heterocycles. The largest absolute Gasteiger partial charge is 0.416 e. The van der Waals surface area contributed by atoms with Crippen molar-refractivity contribution in [3.05, 3.63) is 29.3 Å². The van der Waals surface area contributed by atoms with Gasteiger partial charge in [-0.1, -0.05) is 0 Å². The van der Waals surface area contributed by atoms with Gasteiger partial charge in [0, 0.05) is 6.54 Å². The van der Waals surface area contributed by atoms with Crippen LogP contribution in [0.15, 0.2) is 18.2 Å². The monoisotopic (exact) mass is 285 g/mol. The lowest BCUT2D eigenvalue weighted by molar-refractivity contribution is -0.137. The van der Waals surface area contributed by atoms with Crippen molar-refractivity contribution in [2.75, 3.05) is 11.9 Å². The molecule has 1 amide bonds. The molecule has 0 unspecified atom stereocenters. The Balaban J connectivity index is 2.99. The Morgan fingerprint density at radius 2 is 2.00 bits per heavy atom. The van der Waals surface area contributed by atoms with Gasteiger partial charge in [-0.05, 0) is 32.0 Å². The third kappa shape index (κ3) is 3.63. The third-order valence-corrected chi connectivity index (χ3v) is 2.86. The summed E-state index contributed by atoms with van der Waals surface area (Å²) < 4.78 is 37.6. The van der Waals surface area contributed by atoms with Crippen molar-refractivity contribution in [3.8, 4) is 6.07 Å². The first-order chi connectivity index (χ1) is 9.08. The van der Waals surface area contributed by atoms with Crippen LogP contribution in [0.3, 0.4) is 0 Å². The van der Waals surface area contributed by atoms with E-state index in [1.807, 2.05) is 0 Å². The Bertz CT molecular complexity index is 559. The number of hydrogen-bond acceptors (Lipinski definition) is 3. The summed E-state index contributed by atoms with van der Waals surface area (Å²) in [6.45, 7) is 3.30. The molecule has 0 aliphatic heterocycles. The van der Waals surface area contributed by atoms with Crippen LogP contribution in [0.2, 0.25) is 0 Å². The molecular formula is C13H14F3N3O. The molecule has 0 atom stereocenters. The molecule has 0 fully saturated rings. The van der Waals surface area contributed by atoms with Gasteiger partial charge in [-0.15, -0.1) is 0 Å². The second kappa shape index (κ2) is 5.41. The summed E-state index contributed by atoms with van der Waals surface area (Å²) in [5, 5.41) is 11.7. The highest BCUT2D eigenvalue weighted by Gasteiger charge is 2.31. The van der Waals surface area contributed by atoms with Gasteiger partial charge in [-0.2, -0.15) is 18.4 Å². The Hall–Kier alpha value is -2.23. The minimum absolute atomic E-state index is 0.113. The second-order valence-corrected chi connectivity index (χ2v) is 4.97. The summed E-state index contributed by atoms with van der Waals surface area (Å²) in [5.41, 5.74) is 3.51. The van der Waals surface area contributed by atoms with Crippen LogP contribution >= 0.6 is 0 Å². The molecule has 0 aromatic heterocycles. The first-order valence-electron chi connectivity index (χ1n) is 5.73. The van der Waals surface area contributed by atoms with Crippen LogP contribution in [0, 0.1) is 16.7 Å². The van der Waals surface area contributed by atoms with E-state index in [0.717, 1.165) is 12.1 Å². The van der Waals surface area contributed by atoms with Crippen molar-refractivity contribution in [3.63, 3.8) is 0 Å². The van der Waals surface area contributed by atoms with E-state index in [1.54, 1.807) is 19.9 Å². The zero-order valence-corrected chi connectivity index (χ0v) is 11.0. The van der Waals surface area contributed by atoms with Gasteiger partial charge in [0.2, 0.25) is 5.91 Å². The van der Waals surface area contributed by atoms with E-state index < -0.39 is 23.1 Å². The summed E-state index contributed by atoms with van der Waals surface area (Å²) in [5.74, 6) is -0.546. The zero-order chi connectivity index (χ0) is 15.6. The molecule has 0 heterocycles. The number of carbonyl (C=O) groups excluding carboxylic acids is 1. The van der Waals surface area contributed by atoms with Gasteiger partial charge in [0.15, 0.2) is 0 Å². The number of benzene rings is 1. The fourth-order valence-corrected chi connectivity index (χ4v) is 1.37. The van der Waals surface area contributed by atoms with Crippen LogP contribution in [0.5, 0.6) is 0 Å². The molecule has 20 heavy (non-hydrogen) atoms. The van der Waals surface area contributed by atoms with Crippen LogP contribution in [0.25, 0.3) is 0 Å². The number of nitrogens with zero attached hydrogens (tertiary/aromatic N) is 1. The highest BCUT2D eigenvalue weighted by molar-refractivity contribution is 5.80. The molecular weight excluding hydrogens is 271 g/mol. The van der Waals surface area contributed by atoms with Gasteiger partial charge < -0.3 is 11.1 Å². The van der Waals surface area contributed by atoms with Gasteiger partial charge >= 0.3 is 6.18 Å². The maximum atomic E-state index is 12.5. The van der Waals surface area contributed by atoms with Crippen molar-refractivity contribution in [2.24, 2.45) is 11.1 Å². The summed E-state index contributed by atoms with van der Waals surface area (Å²) >= 11 is 0. The van der Waals surface area contributed by atoms with E-state index in [2.05, 4.69) is 5.32 Å². The number of carbonyl (C=O) groups is 1. The maximum absolute atomic E-state index is 12.5. The van der Waals surface area contributed by atoms with Gasteiger partial charge in [0.25, 0.3) is 0 Å². The van der Waals surface area contributed by atoms with E-state index >= 15 is 0 Å². The normalized spacial score (nSPS) is 11.8. The van der Waals surface area contributed by atoms with Crippen molar-refractivity contribution in [2.45, 2.75) is 20.0 Å². The van der Waals surface area contributed by atoms with Crippen LogP contribution in [0.1, 0.15) is 25.0 Å². The van der Waals surface area contributed by atoms with Crippen molar-refractivity contribution in [1.29, 1.82) is 5.26 Å². The van der Waals surface area contributed by atoms with Crippen LogP contribution in [-0.4, -0.2) is 12.5 Å². The molecule has 0 saturated carbocycles. The Labute approximate surface area is 114 Å². The first kappa shape index (κ1) is 15.8. The number of hydrogen-bond donors (Lipinski definition) is 2. The molecule has 0 radical (unpaired) electrons. The lowest BCUT2D eigenvalue weighted by Gasteiger charge is -2.22. The predicted octanol–water partition coefficient (Wildman–Crippen LogP) is 2.50. The number of alkyl halides is 3. The molecule has 1 rings (SSSR count). The number of anilines is 1. The van der Waals surface area contributed by atoms with Gasteiger partial charge in [0.05, 0.1) is 22.2 Å². The molecule has 4 nitrogen and oxygen atoms in total. The smallest absolute Gasteiger partial charge is 0.383 e. The Morgan fingerprint density at radius 1 is 1.40 bits per heavy atom. The summed E-state index contributed by atoms with van der Waals surface area (Å²) in [6.07, 6.45) is -4.50. The molecule has 3 N–H and O–H groups in total. The molecule has 0 spiro atoms. The fourth-order valence-electron chi connectivity index (χ4n) is 1.37. The number of nitriles is 1. The van der Waals surface area contributed by atoms with E-state index in [-0.39, 0.29) is 17.8 Å². The topological polar surface area (TPSA) is 78.9 Å². The van der Waals surface area contributed by atoms with E-state index in [1.165, 1.54) is 6.07 Å². The van der Waals surface area contributed by atoms with Gasteiger partial charge in [-0.25, -0.2) is 0 Å². The minimum Gasteiger partial charge on any atom is -0.383 e. The summed E-state index contributed by atoms with van der Waals surface area (Å²) in [7, 11) is 0. The molecule has 0 bridgehead atoms. The standard InChI is InChI=1S/C13H14F3N3O/c1-12(2,11(18)20)7-19-10-4-3-9(13(14,15)16)5-8(10)6-17/h3-5,19H,7H2,1-2H3,(H2,18,20). The quantitative estimate of drug-likeness (QED) is 0.892. The average Bonchev–Trinajstić information content (AvgIpc) is 2.34. The van der Waals surface area contributed by atoms with E-state index in [0.29, 0.717) is 0 Å². The van der Waals surface area contributed by atoms with Crippen molar-refractivity contribution >= 4 is 11.6 Å². The lowest BCUT2D eigenvalue weighted by atomic mass is 9.92. The summed E-state index contributed by atoms with van der Waals surface area (Å²) in [4.78, 5) is 11.2. The SMILES string of the molecule is CC(C)(CNc1ccc(C(F)(F)F)cc1C#N)C(N)=O. The minimum atomic E-state index is -4.50. The van der Waals surface area contributed by atoms with Crippen LogP contribution < -0.4 is 11.1 Å². The third-order valence-electron chi connectivity index (χ3n) is 2.86. The van der Waals surface area contributed by atoms with Crippen LogP contribution in [-0.2, 0) is 11.0 Å². The number of primary amides is 1. The van der Waals surface area contributed by atoms with E-state index in [4.69, 9.17) is 11.0 Å². The molecule has 1 aromatic rings. The summed E-state index contributed by atoms with van der Waals surface area (Å²) in [6, 6.07) is 4.50. The molecule has 0 aliphatic carbocycles. The predicted molar refractivity (Wildman–Crippen MR) is 67.6 cm³/mol. The lowest BCUT2D eigenvalue weighted by Crippen LogP contribution is -2.37. The number of halogens is 3. The molecule has 108 valence electrons. The first-order valence-corrected chi connectivity index (χ1v) is 5.73. The zero-order valence-electron chi connectivity index (χ0n) is 11.0. The maximum Gasteiger partial charge on any atom is 0.416 e. The average molecular weight is 285 g/mol. The number of nitrogens with one attached hydrogen (secondary N) is 1. The van der Waals surface area contributed by atoms with E-state index in [9.17, 15) is 18.0 Å². The van der Waals surface area contributed by atoms with Gasteiger partial charge in [0.1, 0.15) is 6.07 Å². The second-order valence-electron chi connectivity index (χ2n) is 4.97. The van der Waals surface area contributed by atoms with Crippen molar-refractivity contribution in [1.82, 2.24) is 0 Å². The Kier molecular flexibility index (Phi) is 4.28. The number of amides is 1. The van der Waals surface area contributed by atoms with Crippen LogP contribution in [0.4, 0.5) is 18.9 Å². The van der Waals surface area contributed by atoms with Gasteiger partial charge in [-0.3, -0.25) is 4.79 Å². The highest BCUT2D eigenvalue weighted by atomic mass is 19.4. The molecule has 7 heteroatoms. The Morgan fingerprint density at radius 3 is 2.45 bits per heavy atom. The molecule has 1 aromatic carbocycles. The fraction of sp³-hybridized carbons (Fsp3) is 0.385. The highest BCUT2D eigenvalue weighted by Crippen LogP contribution is 2.31.